The number of furan rings is 1. The Morgan fingerprint density at radius 1 is 1.17 bits per heavy atom. The summed E-state index contributed by atoms with van der Waals surface area (Å²) in [4.78, 5) is 24.0. The lowest BCUT2D eigenvalue weighted by Gasteiger charge is -2.19. The molecule has 1 aromatic heterocycles. The van der Waals surface area contributed by atoms with Crippen LogP contribution in [0.3, 0.4) is 0 Å². The van der Waals surface area contributed by atoms with Crippen LogP contribution in [0.15, 0.2) is 47.3 Å². The van der Waals surface area contributed by atoms with Gasteiger partial charge in [0.05, 0.1) is 24.4 Å². The maximum Gasteiger partial charge on any atom is 0.254 e. The van der Waals surface area contributed by atoms with Gasteiger partial charge in [-0.1, -0.05) is 30.7 Å². The number of fused-ring (bicyclic) bond motifs is 1. The van der Waals surface area contributed by atoms with E-state index in [2.05, 4.69) is 22.8 Å². The van der Waals surface area contributed by atoms with Crippen molar-refractivity contribution >= 4 is 11.8 Å². The van der Waals surface area contributed by atoms with E-state index in [1.54, 1.807) is 6.07 Å². The maximum absolute atomic E-state index is 12.2. The molecule has 0 saturated carbocycles. The normalized spacial score (nSPS) is 17.0. The van der Waals surface area contributed by atoms with E-state index in [9.17, 15) is 9.59 Å². The number of carbonyl (C=O) groups excluding carboxylic acids is 2. The van der Waals surface area contributed by atoms with Crippen LogP contribution in [0.2, 0.25) is 0 Å². The Hall–Kier alpha value is -2.56. The van der Waals surface area contributed by atoms with E-state index in [1.165, 1.54) is 23.7 Å². The highest BCUT2D eigenvalue weighted by molar-refractivity contribution is 5.96. The first-order valence-electron chi connectivity index (χ1n) is 7.91. The number of hydrogen-bond acceptors (Lipinski definition) is 3. The van der Waals surface area contributed by atoms with Gasteiger partial charge in [0.2, 0.25) is 5.91 Å². The zero-order valence-electron chi connectivity index (χ0n) is 12.9. The first kappa shape index (κ1) is 15.3. The second kappa shape index (κ2) is 7.13. The fraction of sp³-hybridized carbons (Fsp3) is 0.333. The highest BCUT2D eigenvalue weighted by Crippen LogP contribution is 2.28. The summed E-state index contributed by atoms with van der Waals surface area (Å²) in [6.07, 6.45) is 6.99. The number of carbonyl (C=O) groups is 2. The highest BCUT2D eigenvalue weighted by Gasteiger charge is 2.20. The molecule has 1 aliphatic rings. The summed E-state index contributed by atoms with van der Waals surface area (Å²) < 4.78 is 4.86. The minimum absolute atomic E-state index is 0.0204. The van der Waals surface area contributed by atoms with Crippen molar-refractivity contribution in [2.45, 2.75) is 31.7 Å². The van der Waals surface area contributed by atoms with Crippen molar-refractivity contribution in [3.8, 4) is 0 Å². The Bertz CT molecular complexity index is 679. The van der Waals surface area contributed by atoms with Gasteiger partial charge in [-0.15, -0.1) is 0 Å². The molecule has 1 unspecified atom stereocenters. The molecule has 2 amide bonds. The standard InChI is InChI=1S/C18H20N2O3/c21-17(11-19-18(22)14-9-10-23-12-14)20-16-8-4-2-6-13-5-1-3-7-15(13)16/h1,3,5,7,9-10,12,16H,2,4,6,8,11H2,(H,19,22)(H,20,21). The number of nitrogens with one attached hydrogen (secondary N) is 2. The molecule has 0 fully saturated rings. The van der Waals surface area contributed by atoms with Gasteiger partial charge in [-0.05, 0) is 36.5 Å². The second-order valence-corrected chi connectivity index (χ2v) is 5.76. The van der Waals surface area contributed by atoms with E-state index < -0.39 is 0 Å². The molecule has 1 atom stereocenters. The molecule has 5 heteroatoms. The summed E-state index contributed by atoms with van der Waals surface area (Å²) in [7, 11) is 0. The number of benzene rings is 1. The van der Waals surface area contributed by atoms with Crippen molar-refractivity contribution in [1.29, 1.82) is 0 Å². The average molecular weight is 312 g/mol. The number of amides is 2. The van der Waals surface area contributed by atoms with Gasteiger partial charge >= 0.3 is 0 Å². The molecule has 0 spiro atoms. The number of aryl methyl sites for hydroxylation is 1. The molecule has 0 aliphatic heterocycles. The van der Waals surface area contributed by atoms with Crippen LogP contribution in [0.1, 0.15) is 46.8 Å². The first-order valence-corrected chi connectivity index (χ1v) is 7.91. The Balaban J connectivity index is 1.58. The minimum atomic E-state index is -0.310. The van der Waals surface area contributed by atoms with Gasteiger partial charge in [0.1, 0.15) is 6.26 Å². The van der Waals surface area contributed by atoms with Crippen LogP contribution >= 0.6 is 0 Å². The van der Waals surface area contributed by atoms with E-state index in [1.807, 2.05) is 12.1 Å². The predicted molar refractivity (Wildman–Crippen MR) is 85.9 cm³/mol. The Kier molecular flexibility index (Phi) is 4.76. The third-order valence-corrected chi connectivity index (χ3v) is 4.15. The first-order chi connectivity index (χ1) is 11.2. The van der Waals surface area contributed by atoms with E-state index in [-0.39, 0.29) is 24.4 Å². The summed E-state index contributed by atoms with van der Waals surface area (Å²) in [5.74, 6) is -0.487. The average Bonchev–Trinajstić information content (AvgIpc) is 3.03. The lowest BCUT2D eigenvalue weighted by Crippen LogP contribution is -2.38. The SMILES string of the molecule is O=C(CNC(=O)c1ccoc1)NC1CCCCc2ccccc21. The van der Waals surface area contributed by atoms with Crippen molar-refractivity contribution in [2.75, 3.05) is 6.54 Å². The molecule has 3 rings (SSSR count). The molecule has 23 heavy (non-hydrogen) atoms. The van der Waals surface area contributed by atoms with E-state index in [0.29, 0.717) is 5.56 Å². The molecule has 1 aromatic carbocycles. The molecular weight excluding hydrogens is 292 g/mol. The second-order valence-electron chi connectivity index (χ2n) is 5.76. The van der Waals surface area contributed by atoms with Crippen molar-refractivity contribution in [1.82, 2.24) is 10.6 Å². The van der Waals surface area contributed by atoms with Gasteiger partial charge in [-0.3, -0.25) is 9.59 Å². The van der Waals surface area contributed by atoms with E-state index >= 15 is 0 Å². The quantitative estimate of drug-likeness (QED) is 0.852. The van der Waals surface area contributed by atoms with Crippen molar-refractivity contribution in [3.05, 3.63) is 59.5 Å². The highest BCUT2D eigenvalue weighted by atomic mass is 16.3. The predicted octanol–water partition coefficient (Wildman–Crippen LogP) is 2.59. The zero-order valence-corrected chi connectivity index (χ0v) is 12.9. The lowest BCUT2D eigenvalue weighted by atomic mass is 9.99. The number of rotatable bonds is 4. The molecule has 0 radical (unpaired) electrons. The van der Waals surface area contributed by atoms with Gasteiger partial charge in [-0.25, -0.2) is 0 Å². The van der Waals surface area contributed by atoms with Crippen LogP contribution in [0.5, 0.6) is 0 Å². The Morgan fingerprint density at radius 2 is 2.04 bits per heavy atom. The Labute approximate surface area is 135 Å². The third-order valence-electron chi connectivity index (χ3n) is 4.15. The lowest BCUT2D eigenvalue weighted by molar-refractivity contribution is -0.120. The summed E-state index contributed by atoms with van der Waals surface area (Å²) >= 11 is 0. The minimum Gasteiger partial charge on any atom is -0.472 e. The fourth-order valence-electron chi connectivity index (χ4n) is 2.97. The molecule has 2 aromatic rings. The summed E-state index contributed by atoms with van der Waals surface area (Å²) in [5, 5.41) is 5.64. The van der Waals surface area contributed by atoms with Crippen LogP contribution in [-0.4, -0.2) is 18.4 Å². The molecule has 2 N–H and O–H groups in total. The van der Waals surface area contributed by atoms with Crippen molar-refractivity contribution in [3.63, 3.8) is 0 Å². The van der Waals surface area contributed by atoms with Gasteiger partial charge in [-0.2, -0.15) is 0 Å². The largest absolute Gasteiger partial charge is 0.472 e. The molecular formula is C18H20N2O3. The van der Waals surface area contributed by atoms with Gasteiger partial charge in [0.15, 0.2) is 0 Å². The van der Waals surface area contributed by atoms with Crippen LogP contribution in [0.4, 0.5) is 0 Å². The van der Waals surface area contributed by atoms with Gasteiger partial charge < -0.3 is 15.1 Å². The molecule has 1 aliphatic carbocycles. The van der Waals surface area contributed by atoms with Crippen molar-refractivity contribution in [2.24, 2.45) is 0 Å². The van der Waals surface area contributed by atoms with Crippen LogP contribution in [0.25, 0.3) is 0 Å². The van der Waals surface area contributed by atoms with E-state index in [4.69, 9.17) is 4.42 Å². The molecule has 0 bridgehead atoms. The van der Waals surface area contributed by atoms with Crippen LogP contribution in [-0.2, 0) is 11.2 Å². The molecule has 5 nitrogen and oxygen atoms in total. The fourth-order valence-corrected chi connectivity index (χ4v) is 2.97. The van der Waals surface area contributed by atoms with Gasteiger partial charge in [0.25, 0.3) is 5.91 Å². The molecule has 1 heterocycles. The van der Waals surface area contributed by atoms with E-state index in [0.717, 1.165) is 25.7 Å². The monoisotopic (exact) mass is 312 g/mol. The zero-order chi connectivity index (χ0) is 16.1. The third kappa shape index (κ3) is 3.80. The number of hydrogen-bond donors (Lipinski definition) is 2. The Morgan fingerprint density at radius 3 is 2.87 bits per heavy atom. The van der Waals surface area contributed by atoms with Gasteiger partial charge in [0, 0.05) is 0 Å². The smallest absolute Gasteiger partial charge is 0.254 e. The molecule has 120 valence electrons. The summed E-state index contributed by atoms with van der Waals surface area (Å²) in [6, 6.07) is 9.83. The molecule has 0 saturated heterocycles. The summed E-state index contributed by atoms with van der Waals surface area (Å²) in [5.41, 5.74) is 2.91. The summed E-state index contributed by atoms with van der Waals surface area (Å²) in [6.45, 7) is -0.0390. The maximum atomic E-state index is 12.2. The topological polar surface area (TPSA) is 71.3 Å². The van der Waals surface area contributed by atoms with Crippen LogP contribution < -0.4 is 10.6 Å². The van der Waals surface area contributed by atoms with Crippen molar-refractivity contribution < 1.29 is 14.0 Å². The van der Waals surface area contributed by atoms with Crippen LogP contribution in [0, 0.1) is 0 Å².